The number of anilines is 1. The highest BCUT2D eigenvalue weighted by Gasteiger charge is 2.43. The van der Waals surface area contributed by atoms with Crippen LogP contribution >= 0.6 is 0 Å². The van der Waals surface area contributed by atoms with E-state index in [4.69, 9.17) is 9.52 Å². The molecule has 0 aliphatic carbocycles. The van der Waals surface area contributed by atoms with Crippen LogP contribution in [0.15, 0.2) is 36.7 Å². The minimum Gasteiger partial charge on any atom is -0.491 e. The summed E-state index contributed by atoms with van der Waals surface area (Å²) in [5, 5.41) is 4.51. The van der Waals surface area contributed by atoms with Gasteiger partial charge in [-0.1, -0.05) is 18.2 Å². The Kier molecular flexibility index (Phi) is 4.25. The first-order valence-electron chi connectivity index (χ1n) is 9.65. The zero-order chi connectivity index (χ0) is 20.2. The molecule has 2 aliphatic rings. The van der Waals surface area contributed by atoms with Crippen LogP contribution in [-0.2, 0) is 9.73 Å². The van der Waals surface area contributed by atoms with E-state index < -0.39 is 9.73 Å². The predicted molar refractivity (Wildman–Crippen MR) is 113 cm³/mol. The lowest BCUT2D eigenvalue weighted by Crippen LogP contribution is -2.62. The number of H-pyrrole nitrogens is 1. The average molecular weight is 413 g/mol. The molecule has 5 rings (SSSR count). The average Bonchev–Trinajstić information content (AvgIpc) is 3.02. The Labute approximate surface area is 169 Å². The first kappa shape index (κ1) is 18.4. The first-order valence-corrected chi connectivity index (χ1v) is 11.7. The van der Waals surface area contributed by atoms with Crippen molar-refractivity contribution in [3.05, 3.63) is 47.9 Å². The van der Waals surface area contributed by atoms with Crippen molar-refractivity contribution in [2.24, 2.45) is 0 Å². The summed E-state index contributed by atoms with van der Waals surface area (Å²) in [4.78, 5) is 14.3. The van der Waals surface area contributed by atoms with Crippen LogP contribution in [-0.4, -0.2) is 61.3 Å². The third kappa shape index (κ3) is 3.24. The Balaban J connectivity index is 1.49. The normalized spacial score (nSPS) is 24.3. The second kappa shape index (κ2) is 6.70. The molecule has 9 heteroatoms. The molecule has 29 heavy (non-hydrogen) atoms. The smallest absolute Gasteiger partial charge is 0.143 e. The van der Waals surface area contributed by atoms with Crippen molar-refractivity contribution in [2.75, 3.05) is 31.3 Å². The molecule has 0 bridgehead atoms. The molecule has 8 nitrogen and oxygen atoms in total. The molecule has 0 saturated carbocycles. The van der Waals surface area contributed by atoms with Crippen LogP contribution in [0.5, 0.6) is 5.75 Å². The molecule has 1 saturated heterocycles. The van der Waals surface area contributed by atoms with E-state index in [-0.39, 0.29) is 17.3 Å². The highest BCUT2D eigenvalue weighted by molar-refractivity contribution is 7.92. The molecule has 1 fully saturated rings. The largest absolute Gasteiger partial charge is 0.491 e. The van der Waals surface area contributed by atoms with Crippen LogP contribution in [0.4, 0.5) is 5.82 Å². The minimum absolute atomic E-state index is 0.0344. The number of nitrogens with zero attached hydrogens (tertiary/aromatic N) is 3. The number of hydrogen-bond acceptors (Lipinski definition) is 7. The second-order valence-electron chi connectivity index (χ2n) is 7.95. The van der Waals surface area contributed by atoms with Gasteiger partial charge in [0.25, 0.3) is 0 Å². The number of hydrogen-bond donors (Lipinski definition) is 3. The highest BCUT2D eigenvalue weighted by atomic mass is 32.2. The second-order valence-corrected chi connectivity index (χ2v) is 10.4. The standard InChI is InChI=1S/C20H24N6O2S/c1-12-7-15-19(24-12)22-11-23-20(15)25-18-14-5-3-4-6-17(14)28-10-16(18)26-8-13(9-26)29(2,21)27/h3-7,11,13,16,18,21H,8-10H2,1-2H3,(H2,22,23,24,25)/t16-,18-,29?/m0/s1. The van der Waals surface area contributed by atoms with Crippen LogP contribution in [0.25, 0.3) is 11.0 Å². The molecular weight excluding hydrogens is 388 g/mol. The lowest BCUT2D eigenvalue weighted by atomic mass is 9.93. The Morgan fingerprint density at radius 2 is 2.10 bits per heavy atom. The van der Waals surface area contributed by atoms with Gasteiger partial charge in [-0.25, -0.2) is 14.2 Å². The van der Waals surface area contributed by atoms with Crippen molar-refractivity contribution >= 4 is 26.6 Å². The highest BCUT2D eigenvalue weighted by Crippen LogP contribution is 2.39. The summed E-state index contributed by atoms with van der Waals surface area (Å²) >= 11 is 0. The zero-order valence-corrected chi connectivity index (χ0v) is 17.2. The summed E-state index contributed by atoms with van der Waals surface area (Å²) in [6.07, 6.45) is 3.09. The van der Waals surface area contributed by atoms with E-state index in [2.05, 4.69) is 31.2 Å². The molecule has 1 unspecified atom stereocenters. The van der Waals surface area contributed by atoms with Gasteiger partial charge in [-0.3, -0.25) is 9.68 Å². The Morgan fingerprint density at radius 1 is 1.31 bits per heavy atom. The monoisotopic (exact) mass is 412 g/mol. The third-order valence-electron chi connectivity index (χ3n) is 5.88. The zero-order valence-electron chi connectivity index (χ0n) is 16.4. The van der Waals surface area contributed by atoms with Gasteiger partial charge >= 0.3 is 0 Å². The van der Waals surface area contributed by atoms with E-state index in [1.165, 1.54) is 6.26 Å². The van der Waals surface area contributed by atoms with Crippen molar-refractivity contribution in [2.45, 2.75) is 24.3 Å². The van der Waals surface area contributed by atoms with Gasteiger partial charge in [0.1, 0.15) is 30.1 Å². The Hall–Kier alpha value is -2.65. The number of likely N-dealkylation sites (tertiary alicyclic amines) is 1. The summed E-state index contributed by atoms with van der Waals surface area (Å²) in [5.74, 6) is 1.65. The maximum Gasteiger partial charge on any atom is 0.143 e. The molecule has 4 heterocycles. The van der Waals surface area contributed by atoms with Gasteiger partial charge in [0.2, 0.25) is 0 Å². The number of aryl methyl sites for hydroxylation is 1. The van der Waals surface area contributed by atoms with Gasteiger partial charge in [-0.05, 0) is 19.1 Å². The first-order chi connectivity index (χ1) is 13.9. The number of para-hydroxylation sites is 1. The summed E-state index contributed by atoms with van der Waals surface area (Å²) in [5.41, 5.74) is 2.92. The molecule has 0 radical (unpaired) electrons. The summed E-state index contributed by atoms with van der Waals surface area (Å²) < 4.78 is 26.0. The molecule has 1 aromatic carbocycles. The van der Waals surface area contributed by atoms with Crippen molar-refractivity contribution in [1.82, 2.24) is 19.9 Å². The van der Waals surface area contributed by atoms with Crippen LogP contribution in [0.1, 0.15) is 17.3 Å². The van der Waals surface area contributed by atoms with Gasteiger partial charge in [0.15, 0.2) is 0 Å². The van der Waals surface area contributed by atoms with Crippen LogP contribution in [0.2, 0.25) is 0 Å². The minimum atomic E-state index is -2.53. The fraction of sp³-hybridized carbons (Fsp3) is 0.400. The van der Waals surface area contributed by atoms with Gasteiger partial charge in [-0.2, -0.15) is 0 Å². The number of nitrogens with one attached hydrogen (secondary N) is 3. The lowest BCUT2D eigenvalue weighted by molar-refractivity contribution is 0.0593. The molecule has 152 valence electrons. The molecule has 3 aromatic rings. The van der Waals surface area contributed by atoms with Crippen LogP contribution in [0, 0.1) is 11.7 Å². The molecule has 2 aliphatic heterocycles. The van der Waals surface area contributed by atoms with Crippen LogP contribution < -0.4 is 10.1 Å². The van der Waals surface area contributed by atoms with Crippen LogP contribution in [0.3, 0.4) is 0 Å². The quantitative estimate of drug-likeness (QED) is 0.608. The lowest BCUT2D eigenvalue weighted by Gasteiger charge is -2.48. The number of aromatic amines is 1. The van der Waals surface area contributed by atoms with Crippen molar-refractivity contribution in [3.63, 3.8) is 0 Å². The number of benzene rings is 1. The topological polar surface area (TPSA) is 107 Å². The van der Waals surface area contributed by atoms with Gasteiger partial charge in [-0.15, -0.1) is 0 Å². The molecule has 0 spiro atoms. The fourth-order valence-electron chi connectivity index (χ4n) is 4.20. The molecule has 3 N–H and O–H groups in total. The Bertz CT molecular complexity index is 1170. The summed E-state index contributed by atoms with van der Waals surface area (Å²) in [6, 6.07) is 10.1. The van der Waals surface area contributed by atoms with E-state index in [0.29, 0.717) is 19.7 Å². The molecule has 3 atom stereocenters. The van der Waals surface area contributed by atoms with E-state index >= 15 is 0 Å². The third-order valence-corrected chi connectivity index (χ3v) is 7.45. The van der Waals surface area contributed by atoms with Gasteiger partial charge in [0.05, 0.1) is 22.7 Å². The van der Waals surface area contributed by atoms with E-state index in [1.807, 2.05) is 31.2 Å². The Morgan fingerprint density at radius 3 is 2.90 bits per heavy atom. The SMILES string of the molecule is Cc1cc2c(N[C@H]3c4ccccc4OC[C@@H]3N3CC(S(C)(=N)=O)C3)ncnc2[nH]1. The number of rotatable bonds is 4. The maximum atomic E-state index is 12.1. The summed E-state index contributed by atoms with van der Waals surface area (Å²) in [6.45, 7) is 3.83. The predicted octanol–water partition coefficient (Wildman–Crippen LogP) is 2.54. The molecule has 2 aromatic heterocycles. The number of fused-ring (bicyclic) bond motifs is 2. The molecule has 0 amide bonds. The van der Waals surface area contributed by atoms with Crippen molar-refractivity contribution < 1.29 is 8.95 Å². The number of aromatic nitrogens is 3. The number of ether oxygens (including phenoxy) is 1. The molecular formula is C20H24N6O2S. The van der Waals surface area contributed by atoms with E-state index in [0.717, 1.165) is 33.9 Å². The van der Waals surface area contributed by atoms with E-state index in [9.17, 15) is 4.21 Å². The van der Waals surface area contributed by atoms with Gasteiger partial charge in [0, 0.05) is 40.3 Å². The fourth-order valence-corrected chi connectivity index (χ4v) is 5.15. The summed E-state index contributed by atoms with van der Waals surface area (Å²) in [7, 11) is -2.53. The van der Waals surface area contributed by atoms with Crippen molar-refractivity contribution in [3.8, 4) is 5.75 Å². The van der Waals surface area contributed by atoms with Crippen molar-refractivity contribution in [1.29, 1.82) is 4.78 Å². The maximum absolute atomic E-state index is 12.1. The van der Waals surface area contributed by atoms with E-state index in [1.54, 1.807) is 6.33 Å². The van der Waals surface area contributed by atoms with Gasteiger partial charge < -0.3 is 15.0 Å².